The van der Waals surface area contributed by atoms with Crippen LogP contribution < -0.4 is 5.73 Å². The number of nitrogens with zero attached hydrogens (tertiary/aromatic N) is 1. The van der Waals surface area contributed by atoms with Gasteiger partial charge < -0.3 is 15.9 Å². The van der Waals surface area contributed by atoms with Crippen molar-refractivity contribution in [3.63, 3.8) is 0 Å². The number of aliphatic hydroxyl groups is 1. The molecule has 0 aliphatic carbocycles. The smallest absolute Gasteiger partial charge is 0.355 e. The molecule has 1 aromatic heterocycles. The van der Waals surface area contributed by atoms with E-state index in [0.29, 0.717) is 16.7 Å². The molecule has 18 heavy (non-hydrogen) atoms. The number of carboxylic acid groups (broad SMARTS) is 1. The summed E-state index contributed by atoms with van der Waals surface area (Å²) in [5.41, 5.74) is 7.27. The number of pyridine rings is 1. The molecule has 5 nitrogen and oxygen atoms in total. The van der Waals surface area contributed by atoms with Crippen molar-refractivity contribution in [1.82, 2.24) is 4.98 Å². The summed E-state index contributed by atoms with van der Waals surface area (Å²) in [6.07, 6.45) is 0. The molecular formula is C13H12N2O3. The van der Waals surface area contributed by atoms with E-state index < -0.39 is 5.97 Å². The third-order valence-corrected chi connectivity index (χ3v) is 2.54. The van der Waals surface area contributed by atoms with Crippen LogP contribution in [0.15, 0.2) is 36.4 Å². The van der Waals surface area contributed by atoms with E-state index in [4.69, 9.17) is 15.9 Å². The minimum atomic E-state index is -1.13. The van der Waals surface area contributed by atoms with Crippen molar-refractivity contribution in [1.29, 1.82) is 0 Å². The number of nitrogen functional groups attached to an aromatic ring is 1. The Morgan fingerprint density at radius 2 is 2.06 bits per heavy atom. The first kappa shape index (κ1) is 12.1. The molecule has 0 aliphatic rings. The lowest BCUT2D eigenvalue weighted by Crippen LogP contribution is -2.05. The average Bonchev–Trinajstić information content (AvgIpc) is 2.38. The van der Waals surface area contributed by atoms with Crippen LogP contribution in [0.3, 0.4) is 0 Å². The third kappa shape index (κ3) is 2.31. The number of hydrogen-bond donors (Lipinski definition) is 3. The van der Waals surface area contributed by atoms with Gasteiger partial charge in [0, 0.05) is 5.56 Å². The highest BCUT2D eigenvalue weighted by Crippen LogP contribution is 2.24. The van der Waals surface area contributed by atoms with Crippen molar-refractivity contribution in [2.75, 3.05) is 5.73 Å². The minimum absolute atomic E-state index is 0.0925. The second kappa shape index (κ2) is 4.85. The fraction of sp³-hybridized carbons (Fsp3) is 0.0769. The maximum Gasteiger partial charge on any atom is 0.355 e. The lowest BCUT2D eigenvalue weighted by atomic mass is 10.0. The van der Waals surface area contributed by atoms with E-state index in [9.17, 15) is 4.79 Å². The number of anilines is 1. The van der Waals surface area contributed by atoms with Crippen LogP contribution in [0.1, 0.15) is 16.1 Å². The number of aromatic carboxylic acids is 1. The predicted molar refractivity (Wildman–Crippen MR) is 67.0 cm³/mol. The van der Waals surface area contributed by atoms with Gasteiger partial charge in [-0.2, -0.15) is 0 Å². The van der Waals surface area contributed by atoms with E-state index >= 15 is 0 Å². The highest BCUT2D eigenvalue weighted by atomic mass is 16.4. The standard InChI is InChI=1S/C13H12N2O3/c14-11-5-4-10(12(15-11)13(17)18)9-3-1-2-8(6-9)7-16/h1-6,16H,7H2,(H2,14,15)(H,17,18). The molecule has 0 amide bonds. The molecule has 4 N–H and O–H groups in total. The van der Waals surface area contributed by atoms with Gasteiger partial charge in [-0.3, -0.25) is 0 Å². The molecular weight excluding hydrogens is 232 g/mol. The van der Waals surface area contributed by atoms with Gasteiger partial charge >= 0.3 is 5.97 Å². The third-order valence-electron chi connectivity index (χ3n) is 2.54. The molecule has 2 aromatic rings. The maximum atomic E-state index is 11.1. The zero-order valence-corrected chi connectivity index (χ0v) is 9.50. The SMILES string of the molecule is Nc1ccc(-c2cccc(CO)c2)c(C(=O)O)n1. The summed E-state index contributed by atoms with van der Waals surface area (Å²) in [4.78, 5) is 15.0. The van der Waals surface area contributed by atoms with Crippen LogP contribution in [0, 0.1) is 0 Å². The van der Waals surface area contributed by atoms with Crippen molar-refractivity contribution in [3.05, 3.63) is 47.7 Å². The van der Waals surface area contributed by atoms with E-state index in [-0.39, 0.29) is 18.1 Å². The van der Waals surface area contributed by atoms with Crippen molar-refractivity contribution in [2.45, 2.75) is 6.61 Å². The summed E-state index contributed by atoms with van der Waals surface area (Å²) < 4.78 is 0. The highest BCUT2D eigenvalue weighted by molar-refractivity contribution is 5.94. The topological polar surface area (TPSA) is 96.4 Å². The van der Waals surface area contributed by atoms with Crippen LogP contribution in [0.5, 0.6) is 0 Å². The molecule has 0 saturated carbocycles. The number of benzene rings is 1. The largest absolute Gasteiger partial charge is 0.476 e. The Kier molecular flexibility index (Phi) is 3.25. The Morgan fingerprint density at radius 1 is 1.28 bits per heavy atom. The fourth-order valence-electron chi connectivity index (χ4n) is 1.71. The Balaban J connectivity index is 2.59. The van der Waals surface area contributed by atoms with E-state index in [0.717, 1.165) is 0 Å². The van der Waals surface area contributed by atoms with Gasteiger partial charge in [-0.15, -0.1) is 0 Å². The first-order valence-electron chi connectivity index (χ1n) is 5.32. The van der Waals surface area contributed by atoms with Gasteiger partial charge in [0.25, 0.3) is 0 Å². The number of rotatable bonds is 3. The molecule has 5 heteroatoms. The lowest BCUT2D eigenvalue weighted by molar-refractivity contribution is 0.0691. The summed E-state index contributed by atoms with van der Waals surface area (Å²) in [5, 5.41) is 18.2. The molecule has 92 valence electrons. The van der Waals surface area contributed by atoms with Crippen molar-refractivity contribution in [3.8, 4) is 11.1 Å². The van der Waals surface area contributed by atoms with E-state index in [1.807, 2.05) is 0 Å². The Hall–Kier alpha value is -2.40. The van der Waals surface area contributed by atoms with Crippen LogP contribution in [0.2, 0.25) is 0 Å². The summed E-state index contributed by atoms with van der Waals surface area (Å²) in [7, 11) is 0. The van der Waals surface area contributed by atoms with Gasteiger partial charge in [-0.25, -0.2) is 9.78 Å². The quantitative estimate of drug-likeness (QED) is 0.760. The summed E-state index contributed by atoms with van der Waals surface area (Å²) >= 11 is 0. The zero-order chi connectivity index (χ0) is 13.1. The van der Waals surface area contributed by atoms with E-state index in [1.54, 1.807) is 36.4 Å². The Morgan fingerprint density at radius 3 is 2.72 bits per heavy atom. The molecule has 0 unspecified atom stereocenters. The number of carbonyl (C=O) groups is 1. The van der Waals surface area contributed by atoms with Crippen LogP contribution in [-0.4, -0.2) is 21.2 Å². The molecule has 1 heterocycles. The molecule has 0 spiro atoms. The van der Waals surface area contributed by atoms with Crippen LogP contribution >= 0.6 is 0 Å². The second-order valence-corrected chi connectivity index (χ2v) is 3.80. The zero-order valence-electron chi connectivity index (χ0n) is 9.50. The maximum absolute atomic E-state index is 11.1. The molecule has 0 bridgehead atoms. The number of nitrogens with two attached hydrogens (primary N) is 1. The first-order chi connectivity index (χ1) is 8.61. The summed E-state index contributed by atoms with van der Waals surface area (Å²) in [6.45, 7) is -0.0986. The first-order valence-corrected chi connectivity index (χ1v) is 5.32. The Bertz CT molecular complexity index is 597. The monoisotopic (exact) mass is 244 g/mol. The van der Waals surface area contributed by atoms with Gasteiger partial charge in [0.2, 0.25) is 0 Å². The molecule has 2 rings (SSSR count). The van der Waals surface area contributed by atoms with Crippen molar-refractivity contribution < 1.29 is 15.0 Å². The predicted octanol–water partition coefficient (Wildman–Crippen LogP) is 1.52. The van der Waals surface area contributed by atoms with Gasteiger partial charge in [-0.1, -0.05) is 18.2 Å². The average molecular weight is 244 g/mol. The molecule has 0 saturated heterocycles. The van der Waals surface area contributed by atoms with Crippen LogP contribution in [-0.2, 0) is 6.61 Å². The molecule has 1 aromatic carbocycles. The fourth-order valence-corrected chi connectivity index (χ4v) is 1.71. The van der Waals surface area contributed by atoms with Gasteiger partial charge in [0.1, 0.15) is 5.82 Å². The molecule has 0 fully saturated rings. The van der Waals surface area contributed by atoms with Crippen molar-refractivity contribution >= 4 is 11.8 Å². The van der Waals surface area contributed by atoms with Gasteiger partial charge in [0.15, 0.2) is 5.69 Å². The highest BCUT2D eigenvalue weighted by Gasteiger charge is 2.14. The number of aliphatic hydroxyl groups excluding tert-OH is 1. The second-order valence-electron chi connectivity index (χ2n) is 3.80. The number of hydrogen-bond acceptors (Lipinski definition) is 4. The summed E-state index contributed by atoms with van der Waals surface area (Å²) in [5.74, 6) is -0.971. The summed E-state index contributed by atoms with van der Waals surface area (Å²) in [6, 6.07) is 10.2. The molecule has 0 atom stereocenters. The van der Waals surface area contributed by atoms with Crippen LogP contribution in [0.4, 0.5) is 5.82 Å². The minimum Gasteiger partial charge on any atom is -0.476 e. The molecule has 0 radical (unpaired) electrons. The van der Waals surface area contributed by atoms with E-state index in [1.165, 1.54) is 0 Å². The van der Waals surface area contributed by atoms with Gasteiger partial charge in [-0.05, 0) is 29.3 Å². The number of aromatic nitrogens is 1. The Labute approximate surface area is 104 Å². The number of carboxylic acids is 1. The van der Waals surface area contributed by atoms with Crippen molar-refractivity contribution in [2.24, 2.45) is 0 Å². The lowest BCUT2D eigenvalue weighted by Gasteiger charge is -2.07. The van der Waals surface area contributed by atoms with E-state index in [2.05, 4.69) is 4.98 Å². The molecule has 0 aliphatic heterocycles. The van der Waals surface area contributed by atoms with Crippen LogP contribution in [0.25, 0.3) is 11.1 Å². The van der Waals surface area contributed by atoms with Gasteiger partial charge in [0.05, 0.1) is 6.61 Å². The normalized spacial score (nSPS) is 10.3.